The summed E-state index contributed by atoms with van der Waals surface area (Å²) in [5.41, 5.74) is 2.24. The van der Waals surface area contributed by atoms with Gasteiger partial charge >= 0.3 is 0 Å². The van der Waals surface area contributed by atoms with Crippen LogP contribution in [0, 0.1) is 11.8 Å². The van der Waals surface area contributed by atoms with Crippen LogP contribution in [-0.4, -0.2) is 30.5 Å². The molecule has 0 N–H and O–H groups in total. The van der Waals surface area contributed by atoms with Crippen LogP contribution >= 0.6 is 0 Å². The van der Waals surface area contributed by atoms with Crippen molar-refractivity contribution in [1.82, 2.24) is 0 Å². The molecular formula is C23H29LiNO2-. The third-order valence-corrected chi connectivity index (χ3v) is 3.97. The molecule has 0 saturated carbocycles. The van der Waals surface area contributed by atoms with Crippen LogP contribution in [0.3, 0.4) is 0 Å². The first-order valence-corrected chi connectivity index (χ1v) is 9.00. The summed E-state index contributed by atoms with van der Waals surface area (Å²) in [5.74, 6) is 0.104. The summed E-state index contributed by atoms with van der Waals surface area (Å²) >= 11 is 0. The minimum atomic E-state index is -0.560. The maximum absolute atomic E-state index is 12.2. The predicted molar refractivity (Wildman–Crippen MR) is 112 cm³/mol. The number of benzene rings is 2. The fourth-order valence-electron chi connectivity index (χ4n) is 2.80. The van der Waals surface area contributed by atoms with Gasteiger partial charge in [-0.05, 0) is 34.9 Å². The van der Waals surface area contributed by atoms with E-state index in [9.17, 15) is 5.11 Å². The van der Waals surface area contributed by atoms with Gasteiger partial charge in [0.25, 0.3) is 0 Å². The number of para-hydroxylation sites is 1. The Bertz CT molecular complexity index is 743. The summed E-state index contributed by atoms with van der Waals surface area (Å²) < 4.78 is 5.36. The molecule has 0 heterocycles. The van der Waals surface area contributed by atoms with Crippen molar-refractivity contribution in [2.75, 3.05) is 0 Å². The number of ether oxygens (including phenoxy) is 1. The van der Waals surface area contributed by atoms with E-state index >= 15 is 0 Å². The summed E-state index contributed by atoms with van der Waals surface area (Å²) in [6.07, 6.45) is 1.68. The largest absolute Gasteiger partial charge is 0.594 e. The molecule has 0 aliphatic heterocycles. The van der Waals surface area contributed by atoms with E-state index in [2.05, 4.69) is 44.3 Å². The van der Waals surface area contributed by atoms with Crippen LogP contribution in [0.2, 0.25) is 0 Å². The fourth-order valence-corrected chi connectivity index (χ4v) is 2.80. The summed E-state index contributed by atoms with van der Waals surface area (Å²) in [5, 5.41) is 12.2. The number of rotatable bonds is 4. The molecule has 4 heteroatoms. The molecule has 0 amide bonds. The third-order valence-electron chi connectivity index (χ3n) is 3.97. The van der Waals surface area contributed by atoms with Crippen molar-refractivity contribution in [3.8, 4) is 0 Å². The minimum absolute atomic E-state index is 0. The molecule has 1 unspecified atom stereocenters. The standard InChI is InChI=1S/C23H30NO2.Li/c1-22(2,3)19(16-17-12-8-7-9-13-17)18-14-10-11-15-20(18)24-21(25)26-23(4,5)6;/h7-16,19H,1-6H3,(H,24,25);/p-1. The molecular weight excluding hydrogens is 329 g/mol. The molecule has 27 heavy (non-hydrogen) atoms. The first kappa shape index (κ1) is 23.3. The fraction of sp³-hybridized carbons (Fsp3) is 0.391. The van der Waals surface area contributed by atoms with Gasteiger partial charge in [0.15, 0.2) is 6.08 Å². The minimum Gasteiger partial charge on any atom is -0.594 e. The molecule has 0 bridgehead atoms. The molecule has 2 radical (unpaired) electrons. The summed E-state index contributed by atoms with van der Waals surface area (Å²) in [6.45, 7) is 12.1. The molecule has 2 aromatic rings. The summed E-state index contributed by atoms with van der Waals surface area (Å²) in [7, 11) is 0. The first-order valence-electron chi connectivity index (χ1n) is 9.00. The van der Waals surface area contributed by atoms with Crippen LogP contribution in [0.1, 0.15) is 58.6 Å². The van der Waals surface area contributed by atoms with Crippen molar-refractivity contribution in [3.05, 3.63) is 72.1 Å². The average molecular weight is 358 g/mol. The Balaban J connectivity index is 0.00000364. The maximum atomic E-state index is 12.2. The van der Waals surface area contributed by atoms with Gasteiger partial charge in [-0.2, -0.15) is 0 Å². The zero-order valence-corrected chi connectivity index (χ0v) is 17.6. The van der Waals surface area contributed by atoms with E-state index in [-0.39, 0.29) is 30.2 Å². The molecule has 0 fully saturated rings. The monoisotopic (exact) mass is 358 g/mol. The SMILES string of the molecule is CC(C)(C)OC([O-])=Nc1ccccc1C([CH]c1ccccc1)C(C)(C)C.[Li]. The van der Waals surface area contributed by atoms with Crippen LogP contribution < -0.4 is 5.11 Å². The molecule has 2 aromatic carbocycles. The van der Waals surface area contributed by atoms with E-state index in [0.29, 0.717) is 5.69 Å². The second-order valence-corrected chi connectivity index (χ2v) is 8.57. The number of aliphatic imine (C=N–C) groups is 1. The Hall–Kier alpha value is -1.69. The van der Waals surface area contributed by atoms with Gasteiger partial charge in [-0.3, -0.25) is 0 Å². The molecule has 0 aliphatic carbocycles. The van der Waals surface area contributed by atoms with E-state index < -0.39 is 11.7 Å². The van der Waals surface area contributed by atoms with Crippen LogP contribution in [0.25, 0.3) is 0 Å². The van der Waals surface area contributed by atoms with Crippen LogP contribution in [0.4, 0.5) is 5.69 Å². The van der Waals surface area contributed by atoms with Crippen molar-refractivity contribution < 1.29 is 9.84 Å². The molecule has 0 aromatic heterocycles. The van der Waals surface area contributed by atoms with Crippen molar-refractivity contribution in [2.45, 2.75) is 53.1 Å². The molecule has 0 spiro atoms. The van der Waals surface area contributed by atoms with Crippen molar-refractivity contribution in [1.29, 1.82) is 0 Å². The number of hydrogen-bond acceptors (Lipinski definition) is 3. The molecule has 0 aliphatic rings. The Morgan fingerprint density at radius 3 is 2.04 bits per heavy atom. The first-order chi connectivity index (χ1) is 12.1. The Morgan fingerprint density at radius 2 is 1.48 bits per heavy atom. The Morgan fingerprint density at radius 1 is 0.926 bits per heavy atom. The van der Waals surface area contributed by atoms with Gasteiger partial charge in [-0.15, -0.1) is 0 Å². The van der Waals surface area contributed by atoms with Crippen LogP contribution in [0.15, 0.2) is 59.6 Å². The van der Waals surface area contributed by atoms with Crippen molar-refractivity contribution in [2.24, 2.45) is 10.4 Å². The zero-order chi connectivity index (χ0) is 19.4. The van der Waals surface area contributed by atoms with E-state index in [1.807, 2.05) is 63.2 Å². The van der Waals surface area contributed by atoms with Gasteiger partial charge in [0, 0.05) is 24.5 Å². The zero-order valence-electron chi connectivity index (χ0n) is 17.6. The Kier molecular flexibility index (Phi) is 8.20. The third kappa shape index (κ3) is 7.45. The normalized spacial score (nSPS) is 13.6. The van der Waals surface area contributed by atoms with E-state index in [1.165, 1.54) is 0 Å². The number of nitrogens with zero attached hydrogens (tertiary/aromatic N) is 1. The van der Waals surface area contributed by atoms with Gasteiger partial charge in [0.2, 0.25) is 0 Å². The van der Waals surface area contributed by atoms with Gasteiger partial charge in [0.1, 0.15) is 0 Å². The molecule has 2 rings (SSSR count). The molecule has 1 atom stereocenters. The smallest absolute Gasteiger partial charge is 0.151 e. The van der Waals surface area contributed by atoms with Crippen LogP contribution in [0.5, 0.6) is 0 Å². The van der Waals surface area contributed by atoms with Crippen molar-refractivity contribution >= 4 is 30.6 Å². The number of hydrogen-bond donors (Lipinski definition) is 0. The van der Waals surface area contributed by atoms with Crippen molar-refractivity contribution in [3.63, 3.8) is 0 Å². The van der Waals surface area contributed by atoms with E-state index in [4.69, 9.17) is 4.74 Å². The predicted octanol–water partition coefficient (Wildman–Crippen LogP) is 4.85. The second kappa shape index (κ2) is 9.49. The molecule has 3 nitrogen and oxygen atoms in total. The molecule has 0 saturated heterocycles. The van der Waals surface area contributed by atoms with Crippen LogP contribution in [-0.2, 0) is 4.74 Å². The topological polar surface area (TPSA) is 44.6 Å². The molecule has 140 valence electrons. The van der Waals surface area contributed by atoms with Gasteiger partial charge in [-0.25, -0.2) is 4.99 Å². The quantitative estimate of drug-likeness (QED) is 0.445. The van der Waals surface area contributed by atoms with E-state index in [1.54, 1.807) is 0 Å². The van der Waals surface area contributed by atoms with Gasteiger partial charge in [-0.1, -0.05) is 90.1 Å². The van der Waals surface area contributed by atoms with Gasteiger partial charge in [0.05, 0.1) is 5.69 Å². The van der Waals surface area contributed by atoms with E-state index in [0.717, 1.165) is 11.1 Å². The average Bonchev–Trinajstić information content (AvgIpc) is 2.51. The summed E-state index contributed by atoms with van der Waals surface area (Å²) in [4.78, 5) is 4.24. The maximum Gasteiger partial charge on any atom is 0.151 e. The van der Waals surface area contributed by atoms with Gasteiger partial charge < -0.3 is 9.84 Å². The second-order valence-electron chi connectivity index (χ2n) is 8.57. The summed E-state index contributed by atoms with van der Waals surface area (Å²) in [6, 6.07) is 18.0. The Labute approximate surface area is 176 Å².